The van der Waals surface area contributed by atoms with E-state index >= 15 is 0 Å². The van der Waals surface area contributed by atoms with E-state index in [1.54, 1.807) is 32.1 Å². The van der Waals surface area contributed by atoms with Gasteiger partial charge < -0.3 is 6.42 Å². The van der Waals surface area contributed by atoms with Crippen LogP contribution in [-0.4, -0.2) is 0 Å². The third-order valence-electron chi connectivity index (χ3n) is 3.76. The summed E-state index contributed by atoms with van der Waals surface area (Å²) in [7, 11) is 0. The summed E-state index contributed by atoms with van der Waals surface area (Å²) in [6.07, 6.45) is 10.4. The summed E-state index contributed by atoms with van der Waals surface area (Å²) in [5.41, 5.74) is 0. The largest absolute Gasteiger partial charge is 0.322 e. The van der Waals surface area contributed by atoms with E-state index in [-0.39, 0.29) is 45.2 Å². The molecule has 0 aromatic heterocycles. The third-order valence-corrected chi connectivity index (χ3v) is 3.76. The molecule has 0 amide bonds. The molecule has 4 rings (SSSR count). The van der Waals surface area contributed by atoms with Gasteiger partial charge >= 0.3 is 0 Å². The van der Waals surface area contributed by atoms with Crippen LogP contribution >= 0.6 is 24.8 Å². The molecule has 0 aromatic carbocycles. The molecule has 0 heterocycles. The summed E-state index contributed by atoms with van der Waals surface area (Å²) in [5.74, 6) is 4.40. The van der Waals surface area contributed by atoms with Crippen molar-refractivity contribution in [3.8, 4) is 0 Å². The second-order valence-electron chi connectivity index (χ2n) is 4.62. The Morgan fingerprint density at radius 1 is 0.692 bits per heavy atom. The van der Waals surface area contributed by atoms with Crippen LogP contribution in [0, 0.1) is 30.1 Å². The van der Waals surface area contributed by atoms with Gasteiger partial charge in [-0.25, -0.2) is 0 Å². The van der Waals surface area contributed by atoms with Gasteiger partial charge in [-0.3, -0.25) is 0 Å². The predicted octanol–water partition coefficient (Wildman–Crippen LogP) is 3.49. The Balaban J connectivity index is 0.000000480. The topological polar surface area (TPSA) is 0 Å². The molecule has 0 atom stereocenters. The van der Waals surface area contributed by atoms with E-state index in [9.17, 15) is 0 Å². The maximum absolute atomic E-state index is 2.66. The van der Waals surface area contributed by atoms with Crippen molar-refractivity contribution >= 4 is 24.8 Å². The molecule has 0 unspecified atom stereocenters. The minimum absolute atomic E-state index is 0. The molecule has 0 spiro atoms. The molecule has 13 heavy (non-hydrogen) atoms. The average Bonchev–Trinajstić information content (AvgIpc) is 1.82. The van der Waals surface area contributed by atoms with Crippen LogP contribution in [0.25, 0.3) is 0 Å². The van der Waals surface area contributed by atoms with Gasteiger partial charge in [0.05, 0.1) is 0 Å². The van der Waals surface area contributed by atoms with E-state index in [1.807, 2.05) is 0 Å². The molecule has 82 valence electrons. The molecule has 4 bridgehead atoms. The minimum atomic E-state index is 0. The van der Waals surface area contributed by atoms with E-state index in [1.165, 1.54) is 0 Å². The Morgan fingerprint density at radius 2 is 1.08 bits per heavy atom. The zero-order chi connectivity index (χ0) is 6.55. The van der Waals surface area contributed by atoms with Crippen LogP contribution in [0.1, 0.15) is 32.1 Å². The normalized spacial score (nSPS) is 44.3. The predicted molar refractivity (Wildman–Crippen MR) is 55.8 cm³/mol. The average molecular weight is 315 g/mol. The summed E-state index contributed by atoms with van der Waals surface area (Å²) in [6.45, 7) is 0. The molecular weight excluding hydrogens is 297 g/mol. The number of hydrogen-bond donors (Lipinski definition) is 0. The SMILES string of the molecule is Cl.Cl.[CH-]1C2CC3CC1CC(C2)C3.[Pd]. The maximum Gasteiger partial charge on any atom is 0 e. The molecule has 4 aliphatic carbocycles. The van der Waals surface area contributed by atoms with Gasteiger partial charge in [0.25, 0.3) is 0 Å². The first kappa shape index (κ1) is 14.2. The molecule has 4 fully saturated rings. The fourth-order valence-corrected chi connectivity index (χ4v) is 3.65. The van der Waals surface area contributed by atoms with E-state index in [4.69, 9.17) is 0 Å². The second kappa shape index (κ2) is 5.36. The fraction of sp³-hybridized carbons (Fsp3) is 0.900. The first-order valence-electron chi connectivity index (χ1n) is 4.75. The van der Waals surface area contributed by atoms with Gasteiger partial charge in [-0.15, -0.1) is 24.8 Å². The van der Waals surface area contributed by atoms with Crippen LogP contribution in [0.2, 0.25) is 0 Å². The zero-order valence-electron chi connectivity index (χ0n) is 7.56. The van der Waals surface area contributed by atoms with Crippen LogP contribution in [0.15, 0.2) is 0 Å². The van der Waals surface area contributed by atoms with Crippen molar-refractivity contribution in [3.05, 3.63) is 6.42 Å². The Labute approximate surface area is 107 Å². The van der Waals surface area contributed by atoms with E-state index in [2.05, 4.69) is 6.42 Å². The van der Waals surface area contributed by atoms with E-state index < -0.39 is 0 Å². The van der Waals surface area contributed by atoms with Crippen molar-refractivity contribution < 1.29 is 20.4 Å². The Morgan fingerprint density at radius 3 is 1.38 bits per heavy atom. The monoisotopic (exact) mass is 313 g/mol. The van der Waals surface area contributed by atoms with Gasteiger partial charge in [-0.05, 0) is 18.3 Å². The summed E-state index contributed by atoms with van der Waals surface area (Å²) < 4.78 is 0. The van der Waals surface area contributed by atoms with Crippen LogP contribution in [0.3, 0.4) is 0 Å². The summed E-state index contributed by atoms with van der Waals surface area (Å²) in [5, 5.41) is 0. The molecular formula is C10H17Cl2Pd-. The van der Waals surface area contributed by atoms with Crippen LogP contribution in [0.5, 0.6) is 0 Å². The van der Waals surface area contributed by atoms with Gasteiger partial charge in [0.1, 0.15) is 0 Å². The molecule has 0 radical (unpaired) electrons. The molecule has 3 heteroatoms. The Kier molecular flexibility index (Phi) is 5.87. The maximum atomic E-state index is 2.66. The smallest absolute Gasteiger partial charge is 0 e. The first-order valence-corrected chi connectivity index (χ1v) is 4.75. The van der Waals surface area contributed by atoms with Gasteiger partial charge in [0, 0.05) is 20.4 Å². The van der Waals surface area contributed by atoms with Crippen molar-refractivity contribution in [1.29, 1.82) is 0 Å². The van der Waals surface area contributed by atoms with Gasteiger partial charge in [0.2, 0.25) is 0 Å². The number of hydrogen-bond acceptors (Lipinski definition) is 0. The molecule has 0 aromatic rings. The molecule has 4 aliphatic rings. The van der Waals surface area contributed by atoms with Gasteiger partial charge in [0.15, 0.2) is 0 Å². The van der Waals surface area contributed by atoms with Crippen molar-refractivity contribution in [2.24, 2.45) is 23.7 Å². The third kappa shape index (κ3) is 2.63. The van der Waals surface area contributed by atoms with E-state index in [0.717, 1.165) is 23.7 Å². The second-order valence-corrected chi connectivity index (χ2v) is 4.62. The van der Waals surface area contributed by atoms with Crippen molar-refractivity contribution in [2.75, 3.05) is 0 Å². The standard InChI is InChI=1S/C10H15.2ClH.Pd/c1-7-2-9-4-8(1)5-10(3-7)6-9;;;/h1,7-10H,2-6H2;2*1H;/q-1;;;. The van der Waals surface area contributed by atoms with Crippen LogP contribution in [-0.2, 0) is 20.4 Å². The van der Waals surface area contributed by atoms with Crippen molar-refractivity contribution in [2.45, 2.75) is 32.1 Å². The molecule has 0 saturated heterocycles. The number of rotatable bonds is 0. The van der Waals surface area contributed by atoms with Gasteiger partial charge in [-0.2, -0.15) is 11.8 Å². The van der Waals surface area contributed by atoms with Crippen molar-refractivity contribution in [3.63, 3.8) is 0 Å². The molecule has 0 nitrogen and oxygen atoms in total. The first-order chi connectivity index (χ1) is 4.90. The fourth-order valence-electron chi connectivity index (χ4n) is 3.65. The van der Waals surface area contributed by atoms with Gasteiger partial charge in [-0.1, -0.05) is 25.7 Å². The van der Waals surface area contributed by atoms with Crippen LogP contribution < -0.4 is 0 Å². The molecule has 0 N–H and O–H groups in total. The summed E-state index contributed by atoms with van der Waals surface area (Å²) in [4.78, 5) is 0. The number of halogens is 2. The summed E-state index contributed by atoms with van der Waals surface area (Å²) >= 11 is 0. The quantitative estimate of drug-likeness (QED) is 0.474. The molecule has 4 saturated carbocycles. The summed E-state index contributed by atoms with van der Waals surface area (Å²) in [6, 6.07) is 0. The Bertz CT molecular complexity index is 104. The van der Waals surface area contributed by atoms with Crippen molar-refractivity contribution in [1.82, 2.24) is 0 Å². The Hall–Kier alpha value is 1.24. The zero-order valence-corrected chi connectivity index (χ0v) is 10.7. The minimum Gasteiger partial charge on any atom is -0.322 e. The van der Waals surface area contributed by atoms with E-state index in [0.29, 0.717) is 0 Å². The van der Waals surface area contributed by atoms with Crippen LogP contribution in [0.4, 0.5) is 0 Å². The molecule has 0 aliphatic heterocycles.